The molecular weight excluding hydrogens is 594 g/mol. The molecule has 3 amide bonds. The van der Waals surface area contributed by atoms with E-state index < -0.39 is 42.8 Å². The number of ether oxygens (including phenoxy) is 3. The van der Waals surface area contributed by atoms with E-state index in [9.17, 15) is 19.5 Å². The Morgan fingerprint density at radius 1 is 1.00 bits per heavy atom. The number of carbonyl (C=O) groups excluding carboxylic acids is 2. The number of likely N-dealkylation sites (N-methyl/N-ethyl adjacent to an activating group) is 1. The van der Waals surface area contributed by atoms with Gasteiger partial charge in [-0.3, -0.25) is 14.7 Å². The van der Waals surface area contributed by atoms with Crippen molar-refractivity contribution in [2.24, 2.45) is 0 Å². The standard InChI is InChI=1S/C32H33N7O7/c1-3-33-32(43)37-28-25-29(35-17-34-28)39(18-36-25)30-27-26(45-24(46-27)14-13-19-9-5-4-6-10-19)22(44-30)16-38(2)23(40)15-20-11-7-8-12-21(20)31(41)42/h4-14,17-18,22,24,26-27,30H,3,15-16H2,1-2H3,(H,41,42)(H2,33,34,35,37,43)/b14-13+/t22?,24-,26?,27?,30?/m0/s1. The number of hydrogen-bond acceptors (Lipinski definition) is 9. The van der Waals surface area contributed by atoms with E-state index in [0.29, 0.717) is 23.3 Å². The summed E-state index contributed by atoms with van der Waals surface area (Å²) in [6, 6.07) is 15.8. The minimum Gasteiger partial charge on any atom is -0.478 e. The summed E-state index contributed by atoms with van der Waals surface area (Å²) < 4.78 is 20.9. The Morgan fingerprint density at radius 3 is 2.54 bits per heavy atom. The second kappa shape index (κ2) is 13.4. The molecule has 2 aliphatic heterocycles. The van der Waals surface area contributed by atoms with Crippen molar-refractivity contribution in [1.29, 1.82) is 0 Å². The smallest absolute Gasteiger partial charge is 0.335 e. The first-order valence-electron chi connectivity index (χ1n) is 14.8. The molecule has 14 nitrogen and oxygen atoms in total. The number of imidazole rings is 1. The molecule has 0 radical (unpaired) electrons. The SMILES string of the molecule is CCNC(=O)Nc1ncnc2c1ncn2C1OC(CN(C)C(=O)Cc2ccccc2C(=O)O)C2O[C@H](/C=C/c3ccccc3)OC21. The van der Waals surface area contributed by atoms with Crippen molar-refractivity contribution in [3.63, 3.8) is 0 Å². The number of carboxylic acid groups (broad SMARTS) is 1. The maximum atomic E-state index is 13.3. The summed E-state index contributed by atoms with van der Waals surface area (Å²) in [6.45, 7) is 2.39. The Hall–Kier alpha value is -5.18. The van der Waals surface area contributed by atoms with Crippen LogP contribution in [0.3, 0.4) is 0 Å². The molecular formula is C32H33N7O7. The van der Waals surface area contributed by atoms with Crippen LogP contribution in [0.1, 0.15) is 34.6 Å². The molecule has 0 bridgehead atoms. The molecule has 2 aliphatic rings. The average Bonchev–Trinajstić information content (AvgIpc) is 3.76. The number of carboxylic acids is 1. The minimum atomic E-state index is -1.09. The zero-order chi connectivity index (χ0) is 32.2. The zero-order valence-electron chi connectivity index (χ0n) is 25.1. The predicted octanol–water partition coefficient (Wildman–Crippen LogP) is 3.09. The van der Waals surface area contributed by atoms with Gasteiger partial charge in [0.15, 0.2) is 29.5 Å². The van der Waals surface area contributed by atoms with Crippen LogP contribution in [-0.4, -0.2) is 92.2 Å². The minimum absolute atomic E-state index is 0.0806. The number of aromatic carboxylic acids is 1. The molecule has 2 saturated heterocycles. The van der Waals surface area contributed by atoms with E-state index in [1.54, 1.807) is 43.1 Å². The van der Waals surface area contributed by atoms with E-state index in [1.807, 2.05) is 42.5 Å². The summed E-state index contributed by atoms with van der Waals surface area (Å²) in [7, 11) is 1.64. The molecule has 2 aromatic heterocycles. The van der Waals surface area contributed by atoms with E-state index in [0.717, 1.165) is 5.56 Å². The zero-order valence-corrected chi connectivity index (χ0v) is 25.1. The van der Waals surface area contributed by atoms with Gasteiger partial charge in [0.05, 0.1) is 18.3 Å². The fourth-order valence-corrected chi connectivity index (χ4v) is 5.57. The van der Waals surface area contributed by atoms with Crippen molar-refractivity contribution in [1.82, 2.24) is 29.7 Å². The average molecular weight is 628 g/mol. The first-order chi connectivity index (χ1) is 22.3. The van der Waals surface area contributed by atoms with Crippen molar-refractivity contribution in [3.8, 4) is 0 Å². The first-order valence-corrected chi connectivity index (χ1v) is 14.8. The lowest BCUT2D eigenvalue weighted by molar-refractivity contribution is -0.140. The molecule has 14 heteroatoms. The summed E-state index contributed by atoms with van der Waals surface area (Å²) in [5.41, 5.74) is 2.25. The Bertz CT molecular complexity index is 1760. The van der Waals surface area contributed by atoms with E-state index in [4.69, 9.17) is 14.2 Å². The number of nitrogens with zero attached hydrogens (tertiary/aromatic N) is 5. The largest absolute Gasteiger partial charge is 0.478 e. The maximum Gasteiger partial charge on any atom is 0.335 e. The quantitative estimate of drug-likeness (QED) is 0.237. The molecule has 6 rings (SSSR count). The van der Waals surface area contributed by atoms with Crippen LogP contribution in [0.25, 0.3) is 17.2 Å². The molecule has 2 aromatic carbocycles. The van der Waals surface area contributed by atoms with Crippen molar-refractivity contribution >= 4 is 41.0 Å². The normalized spacial score (nSPS) is 22.2. The third-order valence-corrected chi connectivity index (χ3v) is 7.78. The van der Waals surface area contributed by atoms with Crippen molar-refractivity contribution in [2.75, 3.05) is 25.5 Å². The second-order valence-corrected chi connectivity index (χ2v) is 10.8. The van der Waals surface area contributed by atoms with Gasteiger partial charge in [0, 0.05) is 20.1 Å². The number of benzene rings is 2. The highest BCUT2D eigenvalue weighted by molar-refractivity contribution is 5.95. The van der Waals surface area contributed by atoms with E-state index in [2.05, 4.69) is 25.6 Å². The molecule has 238 valence electrons. The Kier molecular flexibility index (Phi) is 9.01. The lowest BCUT2D eigenvalue weighted by Crippen LogP contribution is -2.41. The lowest BCUT2D eigenvalue weighted by atomic mass is 10.0. The number of carbonyl (C=O) groups is 3. The Morgan fingerprint density at radius 2 is 1.76 bits per heavy atom. The molecule has 0 saturated carbocycles. The summed E-state index contributed by atoms with van der Waals surface area (Å²) in [5, 5.41) is 14.9. The summed E-state index contributed by atoms with van der Waals surface area (Å²) in [5.74, 6) is -1.14. The van der Waals surface area contributed by atoms with Crippen LogP contribution >= 0.6 is 0 Å². The van der Waals surface area contributed by atoms with Crippen molar-refractivity contribution < 1.29 is 33.7 Å². The second-order valence-electron chi connectivity index (χ2n) is 10.8. The number of aromatic nitrogens is 4. The number of amides is 3. The van der Waals surface area contributed by atoms with Crippen LogP contribution < -0.4 is 10.6 Å². The third-order valence-electron chi connectivity index (χ3n) is 7.78. The van der Waals surface area contributed by atoms with Gasteiger partial charge in [0.1, 0.15) is 24.6 Å². The fraction of sp³-hybridized carbons (Fsp3) is 0.312. The molecule has 5 atom stereocenters. The van der Waals surface area contributed by atoms with Crippen LogP contribution in [0.15, 0.2) is 73.3 Å². The van der Waals surface area contributed by atoms with Gasteiger partial charge in [-0.05, 0) is 30.2 Å². The molecule has 46 heavy (non-hydrogen) atoms. The maximum absolute atomic E-state index is 13.3. The molecule has 4 aromatic rings. The van der Waals surface area contributed by atoms with Gasteiger partial charge in [0.25, 0.3) is 0 Å². The van der Waals surface area contributed by atoms with Crippen LogP contribution in [0.2, 0.25) is 0 Å². The van der Waals surface area contributed by atoms with Gasteiger partial charge >= 0.3 is 12.0 Å². The first kappa shape index (κ1) is 30.8. The number of anilines is 1. The molecule has 0 spiro atoms. The number of nitrogens with one attached hydrogen (secondary N) is 2. The number of urea groups is 1. The molecule has 4 unspecified atom stereocenters. The topological polar surface area (TPSA) is 170 Å². The van der Waals surface area contributed by atoms with E-state index in [1.165, 1.54) is 17.3 Å². The number of rotatable bonds is 10. The van der Waals surface area contributed by atoms with Crippen LogP contribution in [0, 0.1) is 0 Å². The monoisotopic (exact) mass is 627 g/mol. The molecule has 3 N–H and O–H groups in total. The van der Waals surface area contributed by atoms with Gasteiger partial charge < -0.3 is 29.5 Å². The van der Waals surface area contributed by atoms with Crippen molar-refractivity contribution in [2.45, 2.75) is 44.2 Å². The highest BCUT2D eigenvalue weighted by atomic mass is 16.8. The van der Waals surface area contributed by atoms with Crippen molar-refractivity contribution in [3.05, 3.63) is 90.0 Å². The fourth-order valence-electron chi connectivity index (χ4n) is 5.57. The van der Waals surface area contributed by atoms with Crippen LogP contribution in [0.5, 0.6) is 0 Å². The molecule has 2 fully saturated rings. The highest BCUT2D eigenvalue weighted by Crippen LogP contribution is 2.41. The third kappa shape index (κ3) is 6.44. The van der Waals surface area contributed by atoms with E-state index in [-0.39, 0.29) is 30.3 Å². The summed E-state index contributed by atoms with van der Waals surface area (Å²) >= 11 is 0. The van der Waals surface area contributed by atoms with E-state index >= 15 is 0 Å². The summed E-state index contributed by atoms with van der Waals surface area (Å²) in [4.78, 5) is 51.7. The van der Waals surface area contributed by atoms with Gasteiger partial charge in [0.2, 0.25) is 5.91 Å². The van der Waals surface area contributed by atoms with Crippen LogP contribution in [-0.2, 0) is 25.4 Å². The number of fused-ring (bicyclic) bond motifs is 2. The Labute approximate surface area is 264 Å². The summed E-state index contributed by atoms with van der Waals surface area (Å²) in [6.07, 6.45) is 3.31. The van der Waals surface area contributed by atoms with Gasteiger partial charge in [-0.25, -0.2) is 24.5 Å². The van der Waals surface area contributed by atoms with Crippen LogP contribution in [0.4, 0.5) is 10.6 Å². The van der Waals surface area contributed by atoms with Gasteiger partial charge in [-0.1, -0.05) is 54.6 Å². The lowest BCUT2D eigenvalue weighted by Gasteiger charge is -2.25. The Balaban J connectivity index is 1.25. The molecule has 0 aliphatic carbocycles. The number of hydrogen-bond donors (Lipinski definition) is 3. The van der Waals surface area contributed by atoms with Gasteiger partial charge in [-0.15, -0.1) is 0 Å². The highest BCUT2D eigenvalue weighted by Gasteiger charge is 2.53. The van der Waals surface area contributed by atoms with Gasteiger partial charge in [-0.2, -0.15) is 0 Å². The predicted molar refractivity (Wildman–Crippen MR) is 166 cm³/mol. The molecule has 4 heterocycles.